The quantitative estimate of drug-likeness (QED) is 0.406. The van der Waals surface area contributed by atoms with E-state index in [9.17, 15) is 13.6 Å². The van der Waals surface area contributed by atoms with Crippen LogP contribution < -0.4 is 5.32 Å². The van der Waals surface area contributed by atoms with Crippen LogP contribution >= 0.6 is 0 Å². The third-order valence-corrected chi connectivity index (χ3v) is 1.62. The number of hydrogen-bond acceptors (Lipinski definition) is 3. The molecule has 1 N–H and O–H groups in total. The van der Waals surface area contributed by atoms with Crippen molar-refractivity contribution >= 4 is 5.97 Å². The molecule has 82 valence electrons. The molecule has 0 aromatic carbocycles. The van der Waals surface area contributed by atoms with Crippen LogP contribution in [-0.2, 0) is 9.53 Å². The molecule has 0 fully saturated rings. The van der Waals surface area contributed by atoms with E-state index < -0.39 is 12.4 Å². The number of carbonyl (C=O) groups excluding carboxylic acids is 1. The molecule has 0 atom stereocenters. The molecule has 0 aromatic heterocycles. The number of rotatable bonds is 6. The molecule has 14 heavy (non-hydrogen) atoms. The molecule has 0 saturated carbocycles. The van der Waals surface area contributed by atoms with Crippen LogP contribution in [0.3, 0.4) is 0 Å². The van der Waals surface area contributed by atoms with Crippen LogP contribution in [0.5, 0.6) is 0 Å². The van der Waals surface area contributed by atoms with E-state index in [0.717, 1.165) is 0 Å². The summed E-state index contributed by atoms with van der Waals surface area (Å²) in [6, 6.07) is 0. The number of alkyl halides is 2. The van der Waals surface area contributed by atoms with E-state index in [1.807, 2.05) is 0 Å². The van der Waals surface area contributed by atoms with E-state index in [2.05, 4.69) is 10.1 Å². The fraction of sp³-hybridized carbons (Fsp3) is 0.667. The Labute approximate surface area is 82.1 Å². The zero-order valence-corrected chi connectivity index (χ0v) is 8.35. The number of methoxy groups -OCH3 is 1. The summed E-state index contributed by atoms with van der Waals surface area (Å²) in [5.41, 5.74) is 0.495. The van der Waals surface area contributed by atoms with E-state index in [0.29, 0.717) is 12.0 Å². The molecule has 0 bridgehead atoms. The second-order valence-electron chi connectivity index (χ2n) is 2.62. The highest BCUT2D eigenvalue weighted by molar-refractivity contribution is 5.88. The van der Waals surface area contributed by atoms with Gasteiger partial charge in [0.1, 0.15) is 0 Å². The maximum absolute atomic E-state index is 11.7. The third kappa shape index (κ3) is 5.64. The number of esters is 1. The molecule has 0 aliphatic carbocycles. The Hall–Kier alpha value is -0.970. The minimum absolute atomic E-state index is 0.253. The van der Waals surface area contributed by atoms with E-state index in [1.165, 1.54) is 7.11 Å². The van der Waals surface area contributed by atoms with Crippen LogP contribution in [0, 0.1) is 0 Å². The topological polar surface area (TPSA) is 38.3 Å². The molecule has 0 rings (SSSR count). The van der Waals surface area contributed by atoms with E-state index in [1.54, 1.807) is 13.0 Å². The maximum atomic E-state index is 11.7. The standard InChI is InChI=1S/C9H15F2NO2/c1-3-7(9(13)14-2)4-5-12-6-8(10)11/h4,8,12H,3,5-6H2,1-2H3. The molecule has 0 heterocycles. The molecule has 0 amide bonds. The first-order valence-electron chi connectivity index (χ1n) is 4.38. The first-order chi connectivity index (χ1) is 6.61. The van der Waals surface area contributed by atoms with Gasteiger partial charge < -0.3 is 10.1 Å². The van der Waals surface area contributed by atoms with Gasteiger partial charge in [-0.25, -0.2) is 13.6 Å². The van der Waals surface area contributed by atoms with Crippen molar-refractivity contribution < 1.29 is 18.3 Å². The van der Waals surface area contributed by atoms with Gasteiger partial charge in [-0.3, -0.25) is 0 Å². The van der Waals surface area contributed by atoms with Gasteiger partial charge in [0.2, 0.25) is 0 Å². The first kappa shape index (κ1) is 13.0. The molecule has 0 radical (unpaired) electrons. The van der Waals surface area contributed by atoms with Crippen molar-refractivity contribution in [2.45, 2.75) is 19.8 Å². The molecule has 0 aromatic rings. The Morgan fingerprint density at radius 2 is 2.21 bits per heavy atom. The Morgan fingerprint density at radius 3 is 2.64 bits per heavy atom. The lowest BCUT2D eigenvalue weighted by Crippen LogP contribution is -2.21. The summed E-state index contributed by atoms with van der Waals surface area (Å²) in [6.07, 6.45) is -0.274. The number of halogens is 2. The molecule has 0 aliphatic rings. The first-order valence-corrected chi connectivity index (χ1v) is 4.38. The highest BCUT2D eigenvalue weighted by Gasteiger charge is 2.06. The molecule has 0 spiro atoms. The maximum Gasteiger partial charge on any atom is 0.333 e. The minimum atomic E-state index is -2.37. The summed E-state index contributed by atoms with van der Waals surface area (Å²) in [5.74, 6) is -0.411. The predicted octanol–water partition coefficient (Wildman–Crippen LogP) is 1.35. The SMILES string of the molecule is CCC(=CCNCC(F)F)C(=O)OC. The molecule has 5 heteroatoms. The highest BCUT2D eigenvalue weighted by Crippen LogP contribution is 2.01. The zero-order chi connectivity index (χ0) is 11.0. The van der Waals surface area contributed by atoms with Crippen molar-refractivity contribution in [1.82, 2.24) is 5.32 Å². The summed E-state index contributed by atoms with van der Waals surface area (Å²) in [4.78, 5) is 11.0. The van der Waals surface area contributed by atoms with Crippen LogP contribution in [0.4, 0.5) is 8.78 Å². The van der Waals surface area contributed by atoms with Gasteiger partial charge in [0.05, 0.1) is 13.7 Å². The molecular formula is C9H15F2NO2. The lowest BCUT2D eigenvalue weighted by Gasteiger charge is -2.03. The van der Waals surface area contributed by atoms with Gasteiger partial charge in [-0.1, -0.05) is 13.0 Å². The number of nitrogens with one attached hydrogen (secondary N) is 1. The lowest BCUT2D eigenvalue weighted by atomic mass is 10.2. The smallest absolute Gasteiger partial charge is 0.333 e. The van der Waals surface area contributed by atoms with E-state index >= 15 is 0 Å². The van der Waals surface area contributed by atoms with Crippen molar-refractivity contribution in [1.29, 1.82) is 0 Å². The summed E-state index contributed by atoms with van der Waals surface area (Å²) >= 11 is 0. The molecule has 0 unspecified atom stereocenters. The van der Waals surface area contributed by atoms with Crippen molar-refractivity contribution in [3.8, 4) is 0 Å². The van der Waals surface area contributed by atoms with E-state index in [-0.39, 0.29) is 13.1 Å². The van der Waals surface area contributed by atoms with Crippen LogP contribution in [0.2, 0.25) is 0 Å². The van der Waals surface area contributed by atoms with Crippen LogP contribution in [0.25, 0.3) is 0 Å². The molecule has 0 aliphatic heterocycles. The Balaban J connectivity index is 3.87. The van der Waals surface area contributed by atoms with Crippen molar-refractivity contribution in [3.05, 3.63) is 11.6 Å². The van der Waals surface area contributed by atoms with Gasteiger partial charge in [0, 0.05) is 12.1 Å². The summed E-state index contributed by atoms with van der Waals surface area (Å²) in [5, 5.41) is 2.49. The normalized spacial score (nSPS) is 11.9. The third-order valence-electron chi connectivity index (χ3n) is 1.62. The average molecular weight is 207 g/mol. The zero-order valence-electron chi connectivity index (χ0n) is 8.35. The monoisotopic (exact) mass is 207 g/mol. The van der Waals surface area contributed by atoms with Gasteiger partial charge in [0.15, 0.2) is 0 Å². The number of hydrogen-bond donors (Lipinski definition) is 1. The Morgan fingerprint density at radius 1 is 1.57 bits per heavy atom. The van der Waals surface area contributed by atoms with Crippen molar-refractivity contribution in [3.63, 3.8) is 0 Å². The van der Waals surface area contributed by atoms with Crippen LogP contribution in [-0.4, -0.2) is 32.6 Å². The van der Waals surface area contributed by atoms with Gasteiger partial charge in [-0.05, 0) is 6.42 Å². The highest BCUT2D eigenvalue weighted by atomic mass is 19.3. The fourth-order valence-corrected chi connectivity index (χ4v) is 0.891. The second kappa shape index (κ2) is 7.44. The Bertz CT molecular complexity index is 205. The van der Waals surface area contributed by atoms with Gasteiger partial charge >= 0.3 is 5.97 Å². The molecule has 3 nitrogen and oxygen atoms in total. The minimum Gasteiger partial charge on any atom is -0.466 e. The van der Waals surface area contributed by atoms with E-state index in [4.69, 9.17) is 0 Å². The molecular weight excluding hydrogens is 192 g/mol. The predicted molar refractivity (Wildman–Crippen MR) is 49.3 cm³/mol. The Kier molecular flexibility index (Phi) is 6.92. The van der Waals surface area contributed by atoms with Crippen molar-refractivity contribution in [2.75, 3.05) is 20.2 Å². The lowest BCUT2D eigenvalue weighted by molar-refractivity contribution is -0.136. The second-order valence-corrected chi connectivity index (χ2v) is 2.62. The van der Waals surface area contributed by atoms with Crippen LogP contribution in [0.15, 0.2) is 11.6 Å². The fourth-order valence-electron chi connectivity index (χ4n) is 0.891. The number of carbonyl (C=O) groups is 1. The number of ether oxygens (including phenoxy) is 1. The van der Waals surface area contributed by atoms with Gasteiger partial charge in [-0.2, -0.15) is 0 Å². The summed E-state index contributed by atoms with van der Waals surface area (Å²) in [7, 11) is 1.29. The average Bonchev–Trinajstić information content (AvgIpc) is 2.16. The van der Waals surface area contributed by atoms with Crippen LogP contribution in [0.1, 0.15) is 13.3 Å². The van der Waals surface area contributed by atoms with Gasteiger partial charge in [-0.15, -0.1) is 0 Å². The molecule has 0 saturated heterocycles. The summed E-state index contributed by atoms with van der Waals surface area (Å²) in [6.45, 7) is 1.69. The van der Waals surface area contributed by atoms with Gasteiger partial charge in [0.25, 0.3) is 6.43 Å². The van der Waals surface area contributed by atoms with Crippen molar-refractivity contribution in [2.24, 2.45) is 0 Å². The summed E-state index contributed by atoms with van der Waals surface area (Å²) < 4.78 is 27.9. The largest absolute Gasteiger partial charge is 0.466 e.